The van der Waals surface area contributed by atoms with Gasteiger partial charge in [0.25, 0.3) is 5.56 Å². The lowest BCUT2D eigenvalue weighted by Gasteiger charge is -2.30. The second-order valence-corrected chi connectivity index (χ2v) is 10.7. The molecule has 196 valence electrons. The summed E-state index contributed by atoms with van der Waals surface area (Å²) < 4.78 is 36.6. The van der Waals surface area contributed by atoms with Crippen LogP contribution in [-0.4, -0.2) is 34.1 Å². The molecule has 1 aliphatic carbocycles. The summed E-state index contributed by atoms with van der Waals surface area (Å²) in [5, 5.41) is 0. The molecule has 0 spiro atoms. The van der Waals surface area contributed by atoms with Crippen molar-refractivity contribution in [2.45, 2.75) is 45.4 Å². The Bertz CT molecular complexity index is 1520. The first kappa shape index (κ1) is 24.7. The van der Waals surface area contributed by atoms with E-state index in [2.05, 4.69) is 4.90 Å². The fraction of sp³-hybridized carbons (Fsp3) is 0.355. The van der Waals surface area contributed by atoms with Gasteiger partial charge < -0.3 is 9.32 Å². The number of pyridine rings is 1. The van der Waals surface area contributed by atoms with Crippen molar-refractivity contribution in [2.75, 3.05) is 19.6 Å². The quantitative estimate of drug-likeness (QED) is 0.289. The van der Waals surface area contributed by atoms with Crippen molar-refractivity contribution in [1.29, 1.82) is 0 Å². The van der Waals surface area contributed by atoms with Gasteiger partial charge in [-0.05, 0) is 87.9 Å². The van der Waals surface area contributed by atoms with E-state index in [0.29, 0.717) is 17.1 Å². The van der Waals surface area contributed by atoms with Gasteiger partial charge in [-0.3, -0.25) is 9.36 Å². The fourth-order valence-corrected chi connectivity index (χ4v) is 5.58. The third-order valence-electron chi connectivity index (χ3n) is 7.83. The molecule has 0 N–H and O–H groups in total. The molecular formula is C31H31F2N3O2. The number of piperidine rings is 1. The minimum atomic E-state index is -0.712. The van der Waals surface area contributed by atoms with E-state index in [0.717, 1.165) is 61.3 Å². The van der Waals surface area contributed by atoms with Crippen molar-refractivity contribution in [3.05, 3.63) is 93.7 Å². The average Bonchev–Trinajstić information content (AvgIpc) is 3.60. The number of benzene rings is 2. The number of aromatic nitrogens is 2. The molecule has 5 nitrogen and oxygen atoms in total. The number of para-hydroxylation sites is 1. The molecule has 38 heavy (non-hydrogen) atoms. The maximum atomic E-state index is 15.0. The van der Waals surface area contributed by atoms with E-state index in [4.69, 9.17) is 9.40 Å². The number of halogens is 2. The lowest BCUT2D eigenvalue weighted by atomic mass is 9.96. The monoisotopic (exact) mass is 515 g/mol. The van der Waals surface area contributed by atoms with Crippen molar-refractivity contribution in [2.24, 2.45) is 5.92 Å². The van der Waals surface area contributed by atoms with Gasteiger partial charge in [-0.1, -0.05) is 18.2 Å². The van der Waals surface area contributed by atoms with E-state index in [1.165, 1.54) is 31.0 Å². The highest BCUT2D eigenvalue weighted by molar-refractivity contribution is 5.77. The number of aryl methyl sites for hydroxylation is 2. The predicted octanol–water partition coefficient (Wildman–Crippen LogP) is 6.64. The minimum absolute atomic E-state index is 0.117. The lowest BCUT2D eigenvalue weighted by Crippen LogP contribution is -2.34. The third kappa shape index (κ3) is 4.83. The van der Waals surface area contributed by atoms with Gasteiger partial charge >= 0.3 is 0 Å². The van der Waals surface area contributed by atoms with Gasteiger partial charge in [-0.25, -0.2) is 13.8 Å². The maximum Gasteiger partial charge on any atom is 0.255 e. The van der Waals surface area contributed by atoms with Crippen molar-refractivity contribution < 1.29 is 13.2 Å². The van der Waals surface area contributed by atoms with E-state index >= 15 is 0 Å². The molecular weight excluding hydrogens is 484 g/mol. The van der Waals surface area contributed by atoms with Gasteiger partial charge in [0.15, 0.2) is 11.7 Å². The molecule has 0 atom stereocenters. The number of hydrogen-bond donors (Lipinski definition) is 0. The highest BCUT2D eigenvalue weighted by Crippen LogP contribution is 2.39. The van der Waals surface area contributed by atoms with E-state index in [1.54, 1.807) is 16.8 Å². The van der Waals surface area contributed by atoms with Crippen LogP contribution < -0.4 is 5.56 Å². The molecule has 4 aromatic rings. The summed E-state index contributed by atoms with van der Waals surface area (Å²) in [5.74, 6) is 0.418. The summed E-state index contributed by atoms with van der Waals surface area (Å²) in [6, 6.07) is 12.5. The second kappa shape index (κ2) is 9.95. The Morgan fingerprint density at radius 2 is 1.71 bits per heavy atom. The van der Waals surface area contributed by atoms with Crippen molar-refractivity contribution >= 4 is 0 Å². The van der Waals surface area contributed by atoms with Crippen LogP contribution >= 0.6 is 0 Å². The van der Waals surface area contributed by atoms with E-state index < -0.39 is 11.6 Å². The van der Waals surface area contributed by atoms with Gasteiger partial charge in [0, 0.05) is 36.4 Å². The van der Waals surface area contributed by atoms with Gasteiger partial charge in [-0.15, -0.1) is 0 Å². The molecule has 2 aromatic carbocycles. The van der Waals surface area contributed by atoms with Crippen molar-refractivity contribution in [3.63, 3.8) is 0 Å². The zero-order valence-electron chi connectivity index (χ0n) is 21.7. The zero-order valence-corrected chi connectivity index (χ0v) is 21.7. The fourth-order valence-electron chi connectivity index (χ4n) is 5.58. The van der Waals surface area contributed by atoms with Crippen LogP contribution in [0, 0.1) is 31.4 Å². The number of nitrogens with zero attached hydrogens (tertiary/aromatic N) is 3. The van der Waals surface area contributed by atoms with Crippen LogP contribution in [0.5, 0.6) is 0 Å². The van der Waals surface area contributed by atoms with Crippen LogP contribution in [0.4, 0.5) is 8.78 Å². The maximum absolute atomic E-state index is 15.0. The second-order valence-electron chi connectivity index (χ2n) is 10.7. The molecule has 2 aromatic heterocycles. The summed E-state index contributed by atoms with van der Waals surface area (Å²) in [5.41, 5.74) is 3.79. The van der Waals surface area contributed by atoms with Crippen molar-refractivity contribution in [3.8, 4) is 28.3 Å². The van der Waals surface area contributed by atoms with Gasteiger partial charge in [0.05, 0.1) is 11.3 Å². The zero-order chi connectivity index (χ0) is 26.4. The molecule has 1 saturated heterocycles. The topological polar surface area (TPSA) is 51.3 Å². The molecule has 1 aliphatic heterocycles. The molecule has 0 amide bonds. The first-order valence-electron chi connectivity index (χ1n) is 13.4. The Balaban J connectivity index is 1.42. The van der Waals surface area contributed by atoms with Crippen LogP contribution in [0.15, 0.2) is 63.9 Å². The summed E-state index contributed by atoms with van der Waals surface area (Å²) in [4.78, 5) is 20.3. The molecule has 2 fully saturated rings. The number of oxazole rings is 1. The third-order valence-corrected chi connectivity index (χ3v) is 7.83. The highest BCUT2D eigenvalue weighted by atomic mass is 19.1. The van der Waals surface area contributed by atoms with Gasteiger partial charge in [0.1, 0.15) is 17.3 Å². The first-order valence-corrected chi connectivity index (χ1v) is 13.4. The Labute approximate surface area is 220 Å². The van der Waals surface area contributed by atoms with E-state index in [-0.39, 0.29) is 22.8 Å². The van der Waals surface area contributed by atoms with Crippen LogP contribution in [0.3, 0.4) is 0 Å². The Kier molecular flexibility index (Phi) is 6.48. The van der Waals surface area contributed by atoms with Crippen LogP contribution in [0.1, 0.15) is 48.6 Å². The summed E-state index contributed by atoms with van der Waals surface area (Å²) in [6.45, 7) is 7.05. The number of likely N-dealkylation sites (tertiary alicyclic amines) is 1. The number of rotatable bonds is 6. The van der Waals surface area contributed by atoms with Crippen molar-refractivity contribution in [1.82, 2.24) is 14.5 Å². The molecule has 1 saturated carbocycles. The molecule has 6 rings (SSSR count). The first-order chi connectivity index (χ1) is 18.4. The summed E-state index contributed by atoms with van der Waals surface area (Å²) in [6.07, 6.45) is 6.24. The predicted molar refractivity (Wildman–Crippen MR) is 144 cm³/mol. The lowest BCUT2D eigenvalue weighted by molar-refractivity contribution is 0.193. The van der Waals surface area contributed by atoms with E-state index in [1.807, 2.05) is 32.0 Å². The normalized spacial score (nSPS) is 16.7. The largest absolute Gasteiger partial charge is 0.440 e. The summed E-state index contributed by atoms with van der Waals surface area (Å²) >= 11 is 0. The van der Waals surface area contributed by atoms with Crippen LogP contribution in [0.2, 0.25) is 0 Å². The average molecular weight is 516 g/mol. The molecule has 0 unspecified atom stereocenters. The Morgan fingerprint density at radius 1 is 0.974 bits per heavy atom. The SMILES string of the molecule is Cc1cccc(C)c1-n1cc(-c2nc(C3CCN(CC4CC4)CC3)oc2-c2ccc(F)cc2F)ccc1=O. The van der Waals surface area contributed by atoms with Crippen LogP contribution in [-0.2, 0) is 0 Å². The standard InChI is InChI=1S/C31H31F2N3O2/c1-19-4-3-5-20(2)29(19)36-18-23(8-11-27(36)37)28-30(25-10-9-24(32)16-26(25)33)38-31(34-28)22-12-14-35(15-13-22)17-21-6-7-21/h3-5,8-11,16,18,21-22H,6-7,12-15,17H2,1-2H3. The van der Waals surface area contributed by atoms with Gasteiger partial charge in [-0.2, -0.15) is 0 Å². The Morgan fingerprint density at radius 3 is 2.39 bits per heavy atom. The smallest absolute Gasteiger partial charge is 0.255 e. The summed E-state index contributed by atoms with van der Waals surface area (Å²) in [7, 11) is 0. The molecule has 3 heterocycles. The molecule has 0 bridgehead atoms. The number of hydrogen-bond acceptors (Lipinski definition) is 4. The molecule has 0 radical (unpaired) electrons. The Hall–Kier alpha value is -3.58. The van der Waals surface area contributed by atoms with Gasteiger partial charge in [0.2, 0.25) is 0 Å². The van der Waals surface area contributed by atoms with E-state index in [9.17, 15) is 13.6 Å². The highest BCUT2D eigenvalue weighted by Gasteiger charge is 2.31. The molecule has 2 aliphatic rings. The van der Waals surface area contributed by atoms with Crippen LogP contribution in [0.25, 0.3) is 28.3 Å². The molecule has 7 heteroatoms. The minimum Gasteiger partial charge on any atom is -0.440 e.